The first kappa shape index (κ1) is 15.9. The summed E-state index contributed by atoms with van der Waals surface area (Å²) in [6.07, 6.45) is -0.521. The fourth-order valence-electron chi connectivity index (χ4n) is 1.68. The molecule has 0 fully saturated rings. The van der Waals surface area contributed by atoms with E-state index in [-0.39, 0.29) is 11.4 Å². The Kier molecular flexibility index (Phi) is 5.92. The van der Waals surface area contributed by atoms with Crippen molar-refractivity contribution in [2.45, 2.75) is 32.9 Å². The molecule has 0 aromatic heterocycles. The highest BCUT2D eigenvalue weighted by atomic mass is 16.6. The zero-order valence-corrected chi connectivity index (χ0v) is 11.6. The second kappa shape index (κ2) is 7.44. The summed E-state index contributed by atoms with van der Waals surface area (Å²) in [7, 11) is 0. The molecule has 1 atom stereocenters. The van der Waals surface area contributed by atoms with E-state index < -0.39 is 16.9 Å². The minimum atomic E-state index is -0.872. The normalized spacial score (nSPS) is 11.9. The largest absolute Gasteiger partial charge is 0.473 e. The van der Waals surface area contributed by atoms with Gasteiger partial charge in [-0.05, 0) is 24.6 Å². The fourth-order valence-corrected chi connectivity index (χ4v) is 1.68. The van der Waals surface area contributed by atoms with E-state index in [1.54, 1.807) is 19.1 Å². The monoisotopic (exact) mass is 281 g/mol. The van der Waals surface area contributed by atoms with Crippen molar-refractivity contribution in [3.63, 3.8) is 0 Å². The number of amides is 1. The van der Waals surface area contributed by atoms with Gasteiger partial charge in [0.1, 0.15) is 0 Å². The number of hydrogen-bond donors (Lipinski definition) is 2. The smallest absolute Gasteiger partial charge is 0.310 e. The Hall–Kier alpha value is -2.15. The minimum absolute atomic E-state index is 0.0658. The summed E-state index contributed by atoms with van der Waals surface area (Å²) < 4.78 is 5.39. The molecule has 0 bridgehead atoms. The number of nitrogens with zero attached hydrogens (tertiary/aromatic N) is 1. The highest BCUT2D eigenvalue weighted by Gasteiger charge is 2.21. The first-order valence-electron chi connectivity index (χ1n) is 6.43. The van der Waals surface area contributed by atoms with Crippen LogP contribution in [0.5, 0.6) is 5.75 Å². The molecule has 0 radical (unpaired) electrons. The lowest BCUT2D eigenvalue weighted by Gasteiger charge is -2.15. The van der Waals surface area contributed by atoms with Gasteiger partial charge in [0.25, 0.3) is 5.91 Å². The number of carbonyl (C=O) groups is 1. The molecule has 0 aliphatic rings. The van der Waals surface area contributed by atoms with Gasteiger partial charge in [0, 0.05) is 12.6 Å². The first-order valence-corrected chi connectivity index (χ1v) is 6.43. The van der Waals surface area contributed by atoms with Crippen molar-refractivity contribution in [1.29, 1.82) is 0 Å². The zero-order valence-electron chi connectivity index (χ0n) is 11.6. The lowest BCUT2D eigenvalue weighted by atomic mass is 10.1. The standard InChI is InChI=1S/C13H19N3O4/c1-3-11(13(14)17)20-12-7-9(8-15-4-2)5-6-10(12)16(18)19/h5-7,11,15H,3-4,8H2,1-2H3,(H2,14,17). The maximum absolute atomic E-state index is 11.2. The van der Waals surface area contributed by atoms with E-state index >= 15 is 0 Å². The molecule has 0 saturated carbocycles. The van der Waals surface area contributed by atoms with Gasteiger partial charge in [-0.3, -0.25) is 14.9 Å². The van der Waals surface area contributed by atoms with Gasteiger partial charge in [-0.2, -0.15) is 0 Å². The van der Waals surface area contributed by atoms with Crippen LogP contribution in [0.3, 0.4) is 0 Å². The van der Waals surface area contributed by atoms with Crippen molar-refractivity contribution in [3.05, 3.63) is 33.9 Å². The number of nitrogens with one attached hydrogen (secondary N) is 1. The van der Waals surface area contributed by atoms with Crippen LogP contribution in [0.4, 0.5) is 5.69 Å². The van der Waals surface area contributed by atoms with Gasteiger partial charge in [-0.25, -0.2) is 0 Å². The molecule has 1 unspecified atom stereocenters. The average Bonchev–Trinajstić information content (AvgIpc) is 2.41. The molecule has 1 amide bonds. The van der Waals surface area contributed by atoms with Crippen LogP contribution in [0, 0.1) is 10.1 Å². The van der Waals surface area contributed by atoms with Crippen molar-refractivity contribution in [1.82, 2.24) is 5.32 Å². The van der Waals surface area contributed by atoms with Gasteiger partial charge in [0.15, 0.2) is 11.9 Å². The molecule has 0 saturated heterocycles. The maximum Gasteiger partial charge on any atom is 0.310 e. The summed E-state index contributed by atoms with van der Waals surface area (Å²) in [5.41, 5.74) is 5.86. The molecule has 1 rings (SSSR count). The van der Waals surface area contributed by atoms with Crippen molar-refractivity contribution in [2.24, 2.45) is 5.73 Å². The van der Waals surface area contributed by atoms with Crippen LogP contribution in [-0.2, 0) is 11.3 Å². The van der Waals surface area contributed by atoms with Crippen LogP contribution in [0.2, 0.25) is 0 Å². The van der Waals surface area contributed by atoms with Crippen molar-refractivity contribution in [2.75, 3.05) is 6.54 Å². The number of ether oxygens (including phenoxy) is 1. The second-order valence-corrected chi connectivity index (χ2v) is 4.26. The van der Waals surface area contributed by atoms with Gasteiger partial charge >= 0.3 is 5.69 Å². The Bertz CT molecular complexity index is 491. The van der Waals surface area contributed by atoms with Gasteiger partial charge in [0.2, 0.25) is 0 Å². The summed E-state index contributed by atoms with van der Waals surface area (Å²) in [5, 5.41) is 14.1. The van der Waals surface area contributed by atoms with Crippen LogP contribution in [0.15, 0.2) is 18.2 Å². The van der Waals surface area contributed by atoms with Crippen molar-refractivity contribution < 1.29 is 14.5 Å². The lowest BCUT2D eigenvalue weighted by molar-refractivity contribution is -0.386. The summed E-state index contributed by atoms with van der Waals surface area (Å²) in [5.74, 6) is -0.574. The predicted molar refractivity (Wildman–Crippen MR) is 74.4 cm³/mol. The van der Waals surface area contributed by atoms with Crippen molar-refractivity contribution >= 4 is 11.6 Å². The first-order chi connectivity index (χ1) is 9.49. The van der Waals surface area contributed by atoms with E-state index in [9.17, 15) is 14.9 Å². The fraction of sp³-hybridized carbons (Fsp3) is 0.462. The molecule has 7 nitrogen and oxygen atoms in total. The summed E-state index contributed by atoms with van der Waals surface area (Å²) in [6.45, 7) is 5.04. The third kappa shape index (κ3) is 4.20. The van der Waals surface area contributed by atoms with Gasteiger partial charge < -0.3 is 15.8 Å². The molecule has 0 spiro atoms. The van der Waals surface area contributed by atoms with E-state index in [4.69, 9.17) is 10.5 Å². The molecule has 1 aromatic carbocycles. The Morgan fingerprint density at radius 3 is 2.70 bits per heavy atom. The minimum Gasteiger partial charge on any atom is -0.473 e. The molecular formula is C13H19N3O4. The van der Waals surface area contributed by atoms with E-state index in [0.29, 0.717) is 13.0 Å². The van der Waals surface area contributed by atoms with Crippen LogP contribution < -0.4 is 15.8 Å². The average molecular weight is 281 g/mol. The highest BCUT2D eigenvalue weighted by molar-refractivity contribution is 5.79. The van der Waals surface area contributed by atoms with E-state index in [1.807, 2.05) is 6.92 Å². The Morgan fingerprint density at radius 1 is 1.50 bits per heavy atom. The SMILES string of the molecule is CCNCc1ccc([N+](=O)[O-])c(OC(CC)C(N)=O)c1. The molecule has 0 heterocycles. The second-order valence-electron chi connectivity index (χ2n) is 4.26. The summed E-state index contributed by atoms with van der Waals surface area (Å²) in [4.78, 5) is 21.6. The zero-order chi connectivity index (χ0) is 15.1. The van der Waals surface area contributed by atoms with Gasteiger partial charge in [-0.15, -0.1) is 0 Å². The van der Waals surface area contributed by atoms with E-state index in [1.165, 1.54) is 6.07 Å². The van der Waals surface area contributed by atoms with Crippen molar-refractivity contribution in [3.8, 4) is 5.75 Å². The topological polar surface area (TPSA) is 107 Å². The Labute approximate surface area is 117 Å². The lowest BCUT2D eigenvalue weighted by Crippen LogP contribution is -2.33. The van der Waals surface area contributed by atoms with E-state index in [0.717, 1.165) is 12.1 Å². The third-order valence-corrected chi connectivity index (χ3v) is 2.76. The Morgan fingerprint density at radius 2 is 2.20 bits per heavy atom. The molecule has 7 heteroatoms. The molecule has 3 N–H and O–H groups in total. The number of nitro benzene ring substituents is 1. The van der Waals surface area contributed by atoms with Crippen LogP contribution >= 0.6 is 0 Å². The van der Waals surface area contributed by atoms with Gasteiger partial charge in [0.05, 0.1) is 4.92 Å². The molecule has 1 aromatic rings. The predicted octanol–water partition coefficient (Wildman–Crippen LogP) is 1.35. The van der Waals surface area contributed by atoms with Crippen LogP contribution in [0.25, 0.3) is 0 Å². The molecule has 20 heavy (non-hydrogen) atoms. The van der Waals surface area contributed by atoms with Crippen LogP contribution in [-0.4, -0.2) is 23.5 Å². The number of carbonyl (C=O) groups excluding carboxylic acids is 1. The number of rotatable bonds is 8. The number of primary amides is 1. The molecule has 0 aliphatic carbocycles. The van der Waals surface area contributed by atoms with Gasteiger partial charge in [-0.1, -0.05) is 19.9 Å². The van der Waals surface area contributed by atoms with E-state index in [2.05, 4.69) is 5.32 Å². The summed E-state index contributed by atoms with van der Waals surface area (Å²) in [6, 6.07) is 4.58. The molecular weight excluding hydrogens is 262 g/mol. The third-order valence-electron chi connectivity index (χ3n) is 2.76. The molecule has 0 aliphatic heterocycles. The number of nitrogens with two attached hydrogens (primary N) is 1. The number of nitro groups is 1. The quantitative estimate of drug-likeness (QED) is 0.552. The molecule has 110 valence electrons. The highest BCUT2D eigenvalue weighted by Crippen LogP contribution is 2.29. The summed E-state index contributed by atoms with van der Waals surface area (Å²) >= 11 is 0. The Balaban J connectivity index is 3.04. The maximum atomic E-state index is 11.2. The van der Waals surface area contributed by atoms with Crippen LogP contribution in [0.1, 0.15) is 25.8 Å². The number of hydrogen-bond acceptors (Lipinski definition) is 5. The number of benzene rings is 1.